The van der Waals surface area contributed by atoms with Crippen LogP contribution in [0.5, 0.6) is 0 Å². The van der Waals surface area contributed by atoms with Gasteiger partial charge in [-0.05, 0) is 31.2 Å². The van der Waals surface area contributed by atoms with Gasteiger partial charge in [-0.2, -0.15) is 10.2 Å². The van der Waals surface area contributed by atoms with E-state index >= 15 is 0 Å². The second-order valence-corrected chi connectivity index (χ2v) is 8.72. The Balaban J connectivity index is 1.44. The zero-order valence-electron chi connectivity index (χ0n) is 16.8. The SMILES string of the molecule is C[C@@H]1Cc2nn3c(c2CN1C(=O)c1ccc(Cl)c(Cl)c1)C(=O)N(Cc1cc[nH]n1)CC3. The number of halogens is 2. The highest BCUT2D eigenvalue weighted by Crippen LogP contribution is 2.31. The maximum Gasteiger partial charge on any atom is 0.272 e. The van der Waals surface area contributed by atoms with E-state index in [0.717, 1.165) is 17.0 Å². The minimum Gasteiger partial charge on any atom is -0.331 e. The first kappa shape index (κ1) is 20.1. The summed E-state index contributed by atoms with van der Waals surface area (Å²) >= 11 is 12.1. The van der Waals surface area contributed by atoms with Crippen LogP contribution in [-0.2, 0) is 26.1 Å². The van der Waals surface area contributed by atoms with Gasteiger partial charge >= 0.3 is 0 Å². The molecule has 0 aliphatic carbocycles. The van der Waals surface area contributed by atoms with Crippen molar-refractivity contribution in [1.82, 2.24) is 29.8 Å². The van der Waals surface area contributed by atoms with Gasteiger partial charge in [0.05, 0.1) is 41.1 Å². The van der Waals surface area contributed by atoms with Crippen LogP contribution in [0.4, 0.5) is 0 Å². The summed E-state index contributed by atoms with van der Waals surface area (Å²) in [6, 6.07) is 6.67. The molecule has 31 heavy (non-hydrogen) atoms. The van der Waals surface area contributed by atoms with E-state index < -0.39 is 0 Å². The van der Waals surface area contributed by atoms with Crippen molar-refractivity contribution in [3.8, 4) is 0 Å². The molecular formula is C21H20Cl2N6O2. The van der Waals surface area contributed by atoms with Gasteiger partial charge in [-0.3, -0.25) is 19.4 Å². The van der Waals surface area contributed by atoms with E-state index in [-0.39, 0.29) is 17.9 Å². The summed E-state index contributed by atoms with van der Waals surface area (Å²) in [5.41, 5.74) is 3.55. The molecule has 2 aliphatic heterocycles. The number of hydrogen-bond donors (Lipinski definition) is 1. The number of fused-ring (bicyclic) bond motifs is 3. The molecule has 10 heteroatoms. The minimum absolute atomic E-state index is 0.0540. The van der Waals surface area contributed by atoms with Crippen molar-refractivity contribution >= 4 is 35.0 Å². The molecule has 4 heterocycles. The molecule has 0 bridgehead atoms. The van der Waals surface area contributed by atoms with Crippen LogP contribution in [0.3, 0.4) is 0 Å². The summed E-state index contributed by atoms with van der Waals surface area (Å²) in [5, 5.41) is 12.4. The lowest BCUT2D eigenvalue weighted by molar-refractivity contribution is 0.0636. The Morgan fingerprint density at radius 1 is 1.23 bits per heavy atom. The number of H-pyrrole nitrogens is 1. The van der Waals surface area contributed by atoms with Gasteiger partial charge in [0.1, 0.15) is 5.69 Å². The van der Waals surface area contributed by atoms with E-state index in [1.807, 2.05) is 13.0 Å². The molecule has 5 rings (SSSR count). The number of carbonyl (C=O) groups excluding carboxylic acids is 2. The average Bonchev–Trinajstić information content (AvgIpc) is 3.38. The summed E-state index contributed by atoms with van der Waals surface area (Å²) in [5.74, 6) is -0.229. The number of carbonyl (C=O) groups is 2. The lowest BCUT2D eigenvalue weighted by Gasteiger charge is -2.34. The van der Waals surface area contributed by atoms with Crippen LogP contribution < -0.4 is 0 Å². The van der Waals surface area contributed by atoms with Crippen LogP contribution in [0.1, 0.15) is 44.7 Å². The smallest absolute Gasteiger partial charge is 0.272 e. The molecule has 0 unspecified atom stereocenters. The van der Waals surface area contributed by atoms with Gasteiger partial charge in [0.15, 0.2) is 0 Å². The summed E-state index contributed by atoms with van der Waals surface area (Å²) in [4.78, 5) is 30.0. The average molecular weight is 459 g/mol. The van der Waals surface area contributed by atoms with Crippen molar-refractivity contribution < 1.29 is 9.59 Å². The monoisotopic (exact) mass is 458 g/mol. The second kappa shape index (κ2) is 7.69. The molecule has 1 N–H and O–H groups in total. The Morgan fingerprint density at radius 3 is 2.81 bits per heavy atom. The number of benzene rings is 1. The minimum atomic E-state index is -0.145. The number of nitrogens with zero attached hydrogens (tertiary/aromatic N) is 5. The number of hydrogen-bond acceptors (Lipinski definition) is 4. The van der Waals surface area contributed by atoms with Gasteiger partial charge in [-0.1, -0.05) is 23.2 Å². The molecule has 8 nitrogen and oxygen atoms in total. The number of rotatable bonds is 3. The molecule has 1 aromatic carbocycles. The summed E-state index contributed by atoms with van der Waals surface area (Å²) < 4.78 is 1.79. The van der Waals surface area contributed by atoms with Crippen molar-refractivity contribution in [3.63, 3.8) is 0 Å². The van der Waals surface area contributed by atoms with Crippen LogP contribution >= 0.6 is 23.2 Å². The number of amides is 2. The standard InChI is InChI=1S/C21H20Cl2N6O2/c1-12-8-18-15(11-28(12)20(30)13-2-3-16(22)17(23)9-13)19-21(31)27(6-7-29(19)26-18)10-14-4-5-24-25-14/h2-5,9,12H,6-8,10-11H2,1H3,(H,24,25)/t12-/m1/s1. The fourth-order valence-electron chi connectivity index (χ4n) is 4.26. The quantitative estimate of drug-likeness (QED) is 0.652. The van der Waals surface area contributed by atoms with Crippen molar-refractivity contribution in [1.29, 1.82) is 0 Å². The molecule has 0 fully saturated rings. The normalized spacial score (nSPS) is 18.2. The highest BCUT2D eigenvalue weighted by Gasteiger charge is 2.37. The Bertz CT molecular complexity index is 1170. The first-order valence-corrected chi connectivity index (χ1v) is 10.8. The molecule has 0 spiro atoms. The molecule has 0 saturated heterocycles. The van der Waals surface area contributed by atoms with Gasteiger partial charge in [0, 0.05) is 36.3 Å². The molecule has 2 amide bonds. The Morgan fingerprint density at radius 2 is 2.06 bits per heavy atom. The fraction of sp³-hybridized carbons (Fsp3) is 0.333. The van der Waals surface area contributed by atoms with Gasteiger partial charge in [-0.25, -0.2) is 0 Å². The molecule has 0 saturated carbocycles. The van der Waals surface area contributed by atoms with E-state index in [4.69, 9.17) is 23.2 Å². The number of aromatic nitrogens is 4. The molecule has 2 aromatic heterocycles. The van der Waals surface area contributed by atoms with Crippen LogP contribution in [0, 0.1) is 0 Å². The lowest BCUT2D eigenvalue weighted by Crippen LogP contribution is -2.44. The molecule has 3 aromatic rings. The van der Waals surface area contributed by atoms with Crippen molar-refractivity contribution in [3.05, 3.63) is 68.7 Å². The zero-order valence-corrected chi connectivity index (χ0v) is 18.3. The summed E-state index contributed by atoms with van der Waals surface area (Å²) in [7, 11) is 0. The molecule has 2 aliphatic rings. The maximum absolute atomic E-state index is 13.3. The lowest BCUT2D eigenvalue weighted by atomic mass is 9.97. The van der Waals surface area contributed by atoms with Crippen LogP contribution in [0.25, 0.3) is 0 Å². The van der Waals surface area contributed by atoms with E-state index in [1.165, 1.54) is 0 Å². The number of nitrogens with one attached hydrogen (secondary N) is 1. The molecule has 1 atom stereocenters. The van der Waals surface area contributed by atoms with E-state index in [1.54, 1.807) is 38.9 Å². The van der Waals surface area contributed by atoms with E-state index in [9.17, 15) is 9.59 Å². The van der Waals surface area contributed by atoms with Crippen molar-refractivity contribution in [2.45, 2.75) is 39.0 Å². The van der Waals surface area contributed by atoms with Crippen molar-refractivity contribution in [2.24, 2.45) is 0 Å². The van der Waals surface area contributed by atoms with E-state index in [0.29, 0.717) is 53.9 Å². The first-order chi connectivity index (χ1) is 14.9. The van der Waals surface area contributed by atoms with Crippen molar-refractivity contribution in [2.75, 3.05) is 6.54 Å². The predicted octanol–water partition coefficient (Wildman–Crippen LogP) is 3.16. The van der Waals surface area contributed by atoms with Crippen LogP contribution in [-0.4, -0.2) is 54.2 Å². The first-order valence-electron chi connectivity index (χ1n) is 10.0. The van der Waals surface area contributed by atoms with Gasteiger partial charge in [0.2, 0.25) is 0 Å². The molecule has 160 valence electrons. The number of aromatic amines is 1. The second-order valence-electron chi connectivity index (χ2n) is 7.90. The van der Waals surface area contributed by atoms with Gasteiger partial charge < -0.3 is 9.80 Å². The topological polar surface area (TPSA) is 87.1 Å². The zero-order chi connectivity index (χ0) is 21.7. The third-order valence-corrected chi connectivity index (χ3v) is 6.63. The largest absolute Gasteiger partial charge is 0.331 e. The maximum atomic E-state index is 13.3. The third-order valence-electron chi connectivity index (χ3n) is 5.89. The third kappa shape index (κ3) is 3.49. The Hall–Kier alpha value is -2.84. The van der Waals surface area contributed by atoms with E-state index in [2.05, 4.69) is 15.3 Å². The Labute approximate surface area is 188 Å². The van der Waals surface area contributed by atoms with Gasteiger partial charge in [0.25, 0.3) is 11.8 Å². The van der Waals surface area contributed by atoms with Crippen LogP contribution in [0.2, 0.25) is 10.0 Å². The highest BCUT2D eigenvalue weighted by atomic mass is 35.5. The van der Waals surface area contributed by atoms with Gasteiger partial charge in [-0.15, -0.1) is 0 Å². The Kier molecular flexibility index (Phi) is 4.98. The fourth-order valence-corrected chi connectivity index (χ4v) is 4.55. The summed E-state index contributed by atoms with van der Waals surface area (Å²) in [6.07, 6.45) is 2.33. The molecule has 0 radical (unpaired) electrons. The predicted molar refractivity (Wildman–Crippen MR) is 115 cm³/mol. The van der Waals surface area contributed by atoms with Crippen LogP contribution in [0.15, 0.2) is 30.5 Å². The molecular weight excluding hydrogens is 439 g/mol. The summed E-state index contributed by atoms with van der Waals surface area (Å²) in [6.45, 7) is 3.94. The highest BCUT2D eigenvalue weighted by molar-refractivity contribution is 6.42.